The van der Waals surface area contributed by atoms with Crippen molar-refractivity contribution in [2.45, 2.75) is 26.2 Å². The average Bonchev–Trinajstić information content (AvgIpc) is 2.59. The molecule has 0 saturated heterocycles. The second kappa shape index (κ2) is 9.23. The number of amides is 1. The third-order valence-electron chi connectivity index (χ3n) is 3.65. The van der Waals surface area contributed by atoms with Crippen molar-refractivity contribution in [3.63, 3.8) is 0 Å². The first kappa shape index (κ1) is 18.2. The monoisotopic (exact) mass is 346 g/mol. The van der Waals surface area contributed by atoms with Gasteiger partial charge in [0.1, 0.15) is 5.69 Å². The lowest BCUT2D eigenvalue weighted by Gasteiger charge is -2.16. The highest BCUT2D eigenvalue weighted by Gasteiger charge is 2.13. The summed E-state index contributed by atoms with van der Waals surface area (Å²) in [5.74, 6) is 0.385. The first-order valence-electron chi connectivity index (χ1n) is 8.17. The Bertz CT molecular complexity index is 678. The van der Waals surface area contributed by atoms with Crippen LogP contribution in [0.3, 0.4) is 0 Å². The molecule has 0 radical (unpaired) electrons. The van der Waals surface area contributed by atoms with E-state index in [-0.39, 0.29) is 5.91 Å². The van der Waals surface area contributed by atoms with E-state index in [9.17, 15) is 4.79 Å². The summed E-state index contributed by atoms with van der Waals surface area (Å²) in [4.78, 5) is 22.5. The zero-order valence-corrected chi connectivity index (χ0v) is 14.9. The molecule has 2 aromatic rings. The minimum atomic E-state index is -0.0799. The topological polar surface area (TPSA) is 58.1 Å². The third kappa shape index (κ3) is 5.49. The van der Waals surface area contributed by atoms with Crippen LogP contribution in [0.4, 0.5) is 5.95 Å². The summed E-state index contributed by atoms with van der Waals surface area (Å²) < 4.78 is 0. The number of unbranched alkanes of at least 4 members (excludes halogenated alkanes) is 1. The van der Waals surface area contributed by atoms with Crippen LogP contribution in [0.2, 0.25) is 5.02 Å². The number of hydrogen-bond donors (Lipinski definition) is 1. The molecule has 1 N–H and O–H groups in total. The van der Waals surface area contributed by atoms with Gasteiger partial charge >= 0.3 is 0 Å². The molecule has 1 heterocycles. The number of benzene rings is 1. The lowest BCUT2D eigenvalue weighted by atomic mass is 10.1. The molecular formula is C18H23ClN4O. The molecule has 0 aliphatic rings. The van der Waals surface area contributed by atoms with Crippen molar-refractivity contribution < 1.29 is 4.79 Å². The Balaban J connectivity index is 1.91. The predicted octanol–water partition coefficient (Wildman–Crippen LogP) is 3.66. The minimum Gasteiger partial charge on any atom is -0.354 e. The Morgan fingerprint density at radius 2 is 2.17 bits per heavy atom. The summed E-state index contributed by atoms with van der Waals surface area (Å²) in [7, 11) is 1.80. The van der Waals surface area contributed by atoms with Gasteiger partial charge in [0.25, 0.3) is 5.91 Å². The van der Waals surface area contributed by atoms with Crippen molar-refractivity contribution in [3.8, 4) is 0 Å². The van der Waals surface area contributed by atoms with E-state index < -0.39 is 0 Å². The molecule has 0 fully saturated rings. The van der Waals surface area contributed by atoms with Crippen molar-refractivity contribution >= 4 is 23.5 Å². The quantitative estimate of drug-likeness (QED) is 0.792. The van der Waals surface area contributed by atoms with Gasteiger partial charge in [-0.05, 0) is 36.6 Å². The van der Waals surface area contributed by atoms with Crippen LogP contribution < -0.4 is 5.32 Å². The molecule has 0 aliphatic carbocycles. The summed E-state index contributed by atoms with van der Waals surface area (Å²) in [6, 6.07) is 9.39. The maximum absolute atomic E-state index is 12.3. The average molecular weight is 347 g/mol. The number of rotatable bonds is 8. The molecule has 1 aromatic carbocycles. The molecule has 0 aliphatic heterocycles. The Morgan fingerprint density at radius 1 is 1.33 bits per heavy atom. The lowest BCUT2D eigenvalue weighted by molar-refractivity contribution is 0.0787. The number of anilines is 1. The maximum atomic E-state index is 12.3. The molecule has 5 nitrogen and oxygen atoms in total. The van der Waals surface area contributed by atoms with Gasteiger partial charge in [0, 0.05) is 31.4 Å². The normalized spacial score (nSPS) is 10.5. The van der Waals surface area contributed by atoms with Crippen molar-refractivity contribution in [2.24, 2.45) is 0 Å². The van der Waals surface area contributed by atoms with Crippen molar-refractivity contribution in [3.05, 3.63) is 52.8 Å². The summed E-state index contributed by atoms with van der Waals surface area (Å²) in [6.45, 7) is 3.51. The van der Waals surface area contributed by atoms with E-state index >= 15 is 0 Å². The highest BCUT2D eigenvalue weighted by atomic mass is 35.5. The first-order valence-corrected chi connectivity index (χ1v) is 8.54. The Kier molecular flexibility index (Phi) is 7.00. The maximum Gasteiger partial charge on any atom is 0.272 e. The van der Waals surface area contributed by atoms with Gasteiger partial charge in [0.2, 0.25) is 5.95 Å². The first-order chi connectivity index (χ1) is 11.6. The third-order valence-corrected chi connectivity index (χ3v) is 3.89. The summed E-state index contributed by atoms with van der Waals surface area (Å²) >= 11 is 5.97. The van der Waals surface area contributed by atoms with Crippen molar-refractivity contribution in [1.82, 2.24) is 14.9 Å². The van der Waals surface area contributed by atoms with Gasteiger partial charge in [-0.3, -0.25) is 4.79 Å². The van der Waals surface area contributed by atoms with Crippen LogP contribution >= 0.6 is 11.6 Å². The highest BCUT2D eigenvalue weighted by molar-refractivity contribution is 6.30. The van der Waals surface area contributed by atoms with Crippen molar-refractivity contribution in [2.75, 3.05) is 25.5 Å². The van der Waals surface area contributed by atoms with Crippen LogP contribution in [0.1, 0.15) is 35.8 Å². The summed E-state index contributed by atoms with van der Waals surface area (Å²) in [6.07, 6.45) is 4.45. The van der Waals surface area contributed by atoms with Gasteiger partial charge in [-0.1, -0.05) is 37.1 Å². The SMILES string of the molecule is CCCCN(C)C(=O)c1ccnc(NCCc2cccc(Cl)c2)n1. The molecule has 1 aromatic heterocycles. The highest BCUT2D eigenvalue weighted by Crippen LogP contribution is 2.11. The largest absolute Gasteiger partial charge is 0.354 e. The van der Waals surface area contributed by atoms with E-state index in [1.54, 1.807) is 24.2 Å². The molecule has 2 rings (SSSR count). The number of carbonyl (C=O) groups is 1. The number of hydrogen-bond acceptors (Lipinski definition) is 4. The molecule has 0 spiro atoms. The molecule has 0 saturated carbocycles. The van der Waals surface area contributed by atoms with E-state index in [1.807, 2.05) is 24.3 Å². The number of nitrogens with zero attached hydrogens (tertiary/aromatic N) is 3. The van der Waals surface area contributed by atoms with Crippen LogP contribution in [0.5, 0.6) is 0 Å². The molecule has 0 unspecified atom stereocenters. The van der Waals surface area contributed by atoms with E-state index in [2.05, 4.69) is 22.2 Å². The number of halogens is 1. The number of aromatic nitrogens is 2. The second-order valence-electron chi connectivity index (χ2n) is 5.65. The van der Waals surface area contributed by atoms with E-state index in [1.165, 1.54) is 0 Å². The van der Waals surface area contributed by atoms with Gasteiger partial charge in [-0.15, -0.1) is 0 Å². The molecule has 128 valence electrons. The standard InChI is InChI=1S/C18H23ClN4O/c1-3-4-12-23(2)17(24)16-9-11-21-18(22-16)20-10-8-14-6-5-7-15(19)13-14/h5-7,9,11,13H,3-4,8,10,12H2,1-2H3,(H,20,21,22). The molecule has 24 heavy (non-hydrogen) atoms. The predicted molar refractivity (Wildman–Crippen MR) is 97.5 cm³/mol. The smallest absolute Gasteiger partial charge is 0.272 e. The summed E-state index contributed by atoms with van der Waals surface area (Å²) in [5, 5.41) is 3.88. The minimum absolute atomic E-state index is 0.0799. The molecule has 0 bridgehead atoms. The van der Waals surface area contributed by atoms with Crippen LogP contribution in [-0.2, 0) is 6.42 Å². The Labute approximate surface area is 148 Å². The Morgan fingerprint density at radius 3 is 2.92 bits per heavy atom. The van der Waals surface area contributed by atoms with Crippen LogP contribution in [0, 0.1) is 0 Å². The zero-order valence-electron chi connectivity index (χ0n) is 14.1. The van der Waals surface area contributed by atoms with E-state index in [0.29, 0.717) is 18.2 Å². The Hall–Kier alpha value is -2.14. The van der Waals surface area contributed by atoms with Crippen LogP contribution in [0.15, 0.2) is 36.5 Å². The van der Waals surface area contributed by atoms with E-state index in [0.717, 1.165) is 36.4 Å². The lowest BCUT2D eigenvalue weighted by Crippen LogP contribution is -2.28. The molecule has 1 amide bonds. The van der Waals surface area contributed by atoms with Gasteiger partial charge in [0.05, 0.1) is 0 Å². The van der Waals surface area contributed by atoms with Crippen LogP contribution in [-0.4, -0.2) is 40.9 Å². The zero-order chi connectivity index (χ0) is 17.4. The van der Waals surface area contributed by atoms with Gasteiger partial charge in [0.15, 0.2) is 0 Å². The van der Waals surface area contributed by atoms with E-state index in [4.69, 9.17) is 11.6 Å². The van der Waals surface area contributed by atoms with Gasteiger partial charge < -0.3 is 10.2 Å². The van der Waals surface area contributed by atoms with Gasteiger partial charge in [-0.25, -0.2) is 9.97 Å². The number of carbonyl (C=O) groups excluding carboxylic acids is 1. The van der Waals surface area contributed by atoms with Gasteiger partial charge in [-0.2, -0.15) is 0 Å². The fraction of sp³-hybridized carbons (Fsp3) is 0.389. The fourth-order valence-electron chi connectivity index (χ4n) is 2.27. The molecule has 6 heteroatoms. The molecule has 0 atom stereocenters. The van der Waals surface area contributed by atoms with Crippen LogP contribution in [0.25, 0.3) is 0 Å². The second-order valence-corrected chi connectivity index (χ2v) is 6.09. The van der Waals surface area contributed by atoms with Crippen molar-refractivity contribution in [1.29, 1.82) is 0 Å². The summed E-state index contributed by atoms with van der Waals surface area (Å²) in [5.41, 5.74) is 1.55. The number of nitrogens with one attached hydrogen (secondary N) is 1. The fourth-order valence-corrected chi connectivity index (χ4v) is 2.48. The molecular weight excluding hydrogens is 324 g/mol.